The molecule has 10 heavy (non-hydrogen) atoms. The van der Waals surface area contributed by atoms with Crippen molar-refractivity contribution >= 4 is 6.29 Å². The smallest absolute Gasteiger partial charge is 0.120 e. The highest BCUT2D eigenvalue weighted by molar-refractivity contribution is 5.49. The molecule has 0 aromatic carbocycles. The van der Waals surface area contributed by atoms with Crippen LogP contribution >= 0.6 is 0 Å². The van der Waals surface area contributed by atoms with Crippen molar-refractivity contribution in [2.24, 2.45) is 5.92 Å². The maximum atomic E-state index is 9.98. The Hall–Kier alpha value is -0.330. The van der Waals surface area contributed by atoms with Gasteiger partial charge in [0.1, 0.15) is 6.29 Å². The Morgan fingerprint density at radius 1 is 1.40 bits per heavy atom. The van der Waals surface area contributed by atoms with Crippen LogP contribution in [0.15, 0.2) is 0 Å². The van der Waals surface area contributed by atoms with E-state index in [9.17, 15) is 4.79 Å². The van der Waals surface area contributed by atoms with Crippen LogP contribution in [-0.2, 0) is 4.79 Å². The predicted octanol–water partition coefficient (Wildman–Crippen LogP) is 2.79. The van der Waals surface area contributed by atoms with Crippen LogP contribution in [0.25, 0.3) is 0 Å². The van der Waals surface area contributed by atoms with Crippen molar-refractivity contribution in [3.63, 3.8) is 0 Å². The molecule has 0 heterocycles. The summed E-state index contributed by atoms with van der Waals surface area (Å²) in [6, 6.07) is 0. The largest absolute Gasteiger partial charge is 0.303 e. The second-order valence-electron chi connectivity index (χ2n) is 2.99. The molecule has 0 aliphatic carbocycles. The molecule has 0 bridgehead atoms. The zero-order valence-electron chi connectivity index (χ0n) is 7.10. The standard InChI is InChI=1S/C9H18O/c1-3-4-6-9(2)7-5-8-10/h8-9H,3-7H2,1-2H3/t9-/m0/s1. The van der Waals surface area contributed by atoms with E-state index in [1.54, 1.807) is 0 Å². The van der Waals surface area contributed by atoms with E-state index in [1.165, 1.54) is 19.3 Å². The van der Waals surface area contributed by atoms with E-state index in [0.717, 1.165) is 25.0 Å². The summed E-state index contributed by atoms with van der Waals surface area (Å²) in [6.07, 6.45) is 6.69. The highest BCUT2D eigenvalue weighted by atomic mass is 16.1. The van der Waals surface area contributed by atoms with Gasteiger partial charge >= 0.3 is 0 Å². The van der Waals surface area contributed by atoms with Gasteiger partial charge in [0.2, 0.25) is 0 Å². The normalized spacial score (nSPS) is 13.0. The van der Waals surface area contributed by atoms with E-state index < -0.39 is 0 Å². The van der Waals surface area contributed by atoms with Crippen LogP contribution in [0.3, 0.4) is 0 Å². The van der Waals surface area contributed by atoms with E-state index in [4.69, 9.17) is 0 Å². The first kappa shape index (κ1) is 9.67. The Balaban J connectivity index is 3.07. The van der Waals surface area contributed by atoms with Gasteiger partial charge in [-0.25, -0.2) is 0 Å². The van der Waals surface area contributed by atoms with Crippen LogP contribution in [0.1, 0.15) is 46.0 Å². The highest BCUT2D eigenvalue weighted by Gasteiger charge is 1.99. The fraction of sp³-hybridized carbons (Fsp3) is 0.889. The van der Waals surface area contributed by atoms with E-state index in [1.807, 2.05) is 0 Å². The number of carbonyl (C=O) groups is 1. The average Bonchev–Trinajstić information content (AvgIpc) is 1.97. The van der Waals surface area contributed by atoms with Gasteiger partial charge < -0.3 is 4.79 Å². The van der Waals surface area contributed by atoms with Gasteiger partial charge in [-0.15, -0.1) is 0 Å². The molecule has 0 fully saturated rings. The molecule has 0 aromatic heterocycles. The SMILES string of the molecule is CCCC[C@H](C)CCC=O. The zero-order valence-corrected chi connectivity index (χ0v) is 7.10. The molecule has 0 aliphatic heterocycles. The number of carbonyl (C=O) groups excluding carboxylic acids is 1. The third-order valence-corrected chi connectivity index (χ3v) is 1.83. The fourth-order valence-electron chi connectivity index (χ4n) is 1.05. The summed E-state index contributed by atoms with van der Waals surface area (Å²) >= 11 is 0. The lowest BCUT2D eigenvalue weighted by atomic mass is 10.00. The third kappa shape index (κ3) is 5.80. The van der Waals surface area contributed by atoms with E-state index in [0.29, 0.717) is 0 Å². The van der Waals surface area contributed by atoms with Gasteiger partial charge in [0.05, 0.1) is 0 Å². The molecule has 0 amide bonds. The molecule has 1 nitrogen and oxygen atoms in total. The number of hydrogen-bond acceptors (Lipinski definition) is 1. The first-order valence-corrected chi connectivity index (χ1v) is 4.24. The summed E-state index contributed by atoms with van der Waals surface area (Å²) in [5.74, 6) is 0.741. The molecule has 60 valence electrons. The van der Waals surface area contributed by atoms with Crippen molar-refractivity contribution in [3.8, 4) is 0 Å². The second-order valence-corrected chi connectivity index (χ2v) is 2.99. The maximum absolute atomic E-state index is 9.98. The minimum Gasteiger partial charge on any atom is -0.303 e. The highest BCUT2D eigenvalue weighted by Crippen LogP contribution is 2.12. The molecule has 0 N–H and O–H groups in total. The monoisotopic (exact) mass is 142 g/mol. The average molecular weight is 142 g/mol. The summed E-state index contributed by atoms with van der Waals surface area (Å²) in [5, 5.41) is 0. The van der Waals surface area contributed by atoms with Crippen LogP contribution in [0.4, 0.5) is 0 Å². The first-order chi connectivity index (χ1) is 4.81. The lowest BCUT2D eigenvalue weighted by molar-refractivity contribution is -0.108. The van der Waals surface area contributed by atoms with Gasteiger partial charge in [-0.1, -0.05) is 33.1 Å². The number of hydrogen-bond donors (Lipinski definition) is 0. The predicted molar refractivity (Wildman–Crippen MR) is 44.0 cm³/mol. The van der Waals surface area contributed by atoms with Crippen molar-refractivity contribution in [1.82, 2.24) is 0 Å². The lowest BCUT2D eigenvalue weighted by Crippen LogP contribution is -1.94. The van der Waals surface area contributed by atoms with Crippen molar-refractivity contribution in [1.29, 1.82) is 0 Å². The van der Waals surface area contributed by atoms with Crippen LogP contribution < -0.4 is 0 Å². The number of unbranched alkanes of at least 4 members (excludes halogenated alkanes) is 1. The third-order valence-electron chi connectivity index (χ3n) is 1.83. The maximum Gasteiger partial charge on any atom is 0.120 e. The minimum absolute atomic E-state index is 0.741. The molecule has 0 radical (unpaired) electrons. The molecule has 1 atom stereocenters. The lowest BCUT2D eigenvalue weighted by Gasteiger charge is -2.06. The first-order valence-electron chi connectivity index (χ1n) is 4.24. The molecular weight excluding hydrogens is 124 g/mol. The fourth-order valence-corrected chi connectivity index (χ4v) is 1.05. The summed E-state index contributed by atoms with van der Waals surface area (Å²) in [7, 11) is 0. The van der Waals surface area contributed by atoms with Crippen molar-refractivity contribution < 1.29 is 4.79 Å². The van der Waals surface area contributed by atoms with Gasteiger partial charge in [0, 0.05) is 6.42 Å². The Bertz CT molecular complexity index is 78.8. The van der Waals surface area contributed by atoms with E-state index in [2.05, 4.69) is 13.8 Å². The molecule has 0 unspecified atom stereocenters. The summed E-state index contributed by atoms with van der Waals surface area (Å²) in [4.78, 5) is 9.98. The van der Waals surface area contributed by atoms with E-state index >= 15 is 0 Å². The van der Waals surface area contributed by atoms with E-state index in [-0.39, 0.29) is 0 Å². The summed E-state index contributed by atoms with van der Waals surface area (Å²) in [5.41, 5.74) is 0. The Morgan fingerprint density at radius 2 is 2.10 bits per heavy atom. The van der Waals surface area contributed by atoms with Crippen molar-refractivity contribution in [2.45, 2.75) is 46.0 Å². The quantitative estimate of drug-likeness (QED) is 0.521. The molecule has 0 spiro atoms. The molecule has 0 aromatic rings. The van der Waals surface area contributed by atoms with Gasteiger partial charge in [0.15, 0.2) is 0 Å². The van der Waals surface area contributed by atoms with Crippen LogP contribution in [0.2, 0.25) is 0 Å². The molecule has 0 rings (SSSR count). The Kier molecular flexibility index (Phi) is 6.56. The molecular formula is C9H18O. The molecule has 0 saturated heterocycles. The molecule has 0 saturated carbocycles. The molecule has 1 heteroatoms. The number of aldehydes is 1. The van der Waals surface area contributed by atoms with Crippen LogP contribution in [0.5, 0.6) is 0 Å². The van der Waals surface area contributed by atoms with Crippen molar-refractivity contribution in [2.75, 3.05) is 0 Å². The Labute approximate surface area is 63.8 Å². The van der Waals surface area contributed by atoms with Crippen LogP contribution in [-0.4, -0.2) is 6.29 Å². The summed E-state index contributed by atoms with van der Waals surface area (Å²) < 4.78 is 0. The van der Waals surface area contributed by atoms with Gasteiger partial charge in [-0.3, -0.25) is 0 Å². The van der Waals surface area contributed by atoms with Gasteiger partial charge in [-0.05, 0) is 12.3 Å². The van der Waals surface area contributed by atoms with Gasteiger partial charge in [0.25, 0.3) is 0 Å². The minimum atomic E-state index is 0.741. The van der Waals surface area contributed by atoms with Crippen LogP contribution in [0, 0.1) is 5.92 Å². The Morgan fingerprint density at radius 3 is 2.60 bits per heavy atom. The topological polar surface area (TPSA) is 17.1 Å². The van der Waals surface area contributed by atoms with Gasteiger partial charge in [-0.2, -0.15) is 0 Å². The number of rotatable bonds is 6. The summed E-state index contributed by atoms with van der Waals surface area (Å²) in [6.45, 7) is 4.42. The zero-order chi connectivity index (χ0) is 7.82. The van der Waals surface area contributed by atoms with Crippen molar-refractivity contribution in [3.05, 3.63) is 0 Å². The second kappa shape index (κ2) is 6.79. The molecule has 0 aliphatic rings.